The number of benzene rings is 1. The Morgan fingerprint density at radius 1 is 1.21 bits per heavy atom. The van der Waals surface area contributed by atoms with E-state index in [2.05, 4.69) is 31.3 Å². The first-order chi connectivity index (χ1) is 9.17. The van der Waals surface area contributed by atoms with Gasteiger partial charge in [0.2, 0.25) is 0 Å². The molecule has 0 aromatic heterocycles. The van der Waals surface area contributed by atoms with Gasteiger partial charge in [-0.1, -0.05) is 19.1 Å². The maximum absolute atomic E-state index is 5.80. The fourth-order valence-electron chi connectivity index (χ4n) is 2.23. The fourth-order valence-corrected chi connectivity index (χ4v) is 2.23. The largest absolute Gasteiger partial charge is 0.494 e. The van der Waals surface area contributed by atoms with Crippen LogP contribution in [0.2, 0.25) is 0 Å². The molecule has 0 aliphatic carbocycles. The van der Waals surface area contributed by atoms with Crippen molar-refractivity contribution in [2.75, 3.05) is 27.4 Å². The van der Waals surface area contributed by atoms with E-state index in [1.807, 2.05) is 19.2 Å². The van der Waals surface area contributed by atoms with E-state index < -0.39 is 0 Å². The fraction of sp³-hybridized carbons (Fsp3) is 0.625. The second-order valence-corrected chi connectivity index (χ2v) is 5.11. The molecule has 1 aromatic rings. The minimum Gasteiger partial charge on any atom is -0.494 e. The van der Waals surface area contributed by atoms with Gasteiger partial charge in [0.1, 0.15) is 5.75 Å². The Bertz CT molecular complexity index is 354. The normalized spacial score (nSPS) is 14.1. The highest BCUT2D eigenvalue weighted by Gasteiger charge is 2.15. The lowest BCUT2D eigenvalue weighted by Gasteiger charge is -2.23. The third kappa shape index (κ3) is 6.08. The zero-order valence-corrected chi connectivity index (χ0v) is 12.6. The minimum absolute atomic E-state index is 0.472. The second kappa shape index (κ2) is 8.94. The Kier molecular flexibility index (Phi) is 7.53. The van der Waals surface area contributed by atoms with Gasteiger partial charge in [-0.2, -0.15) is 0 Å². The van der Waals surface area contributed by atoms with Crippen LogP contribution in [0.25, 0.3) is 0 Å². The van der Waals surface area contributed by atoms with E-state index in [0.717, 1.165) is 31.8 Å². The smallest absolute Gasteiger partial charge is 0.119 e. The molecule has 0 saturated heterocycles. The van der Waals surface area contributed by atoms with Crippen LogP contribution >= 0.6 is 0 Å². The van der Waals surface area contributed by atoms with Crippen LogP contribution in [-0.4, -0.2) is 33.4 Å². The van der Waals surface area contributed by atoms with Crippen LogP contribution in [0.4, 0.5) is 0 Å². The van der Waals surface area contributed by atoms with Gasteiger partial charge in [0.15, 0.2) is 0 Å². The maximum atomic E-state index is 5.80. The Labute approximate surface area is 117 Å². The molecule has 0 saturated carbocycles. The van der Waals surface area contributed by atoms with Gasteiger partial charge < -0.3 is 14.8 Å². The first-order valence-corrected chi connectivity index (χ1v) is 7.03. The summed E-state index contributed by atoms with van der Waals surface area (Å²) >= 11 is 0. The van der Waals surface area contributed by atoms with Crippen molar-refractivity contribution in [1.29, 1.82) is 0 Å². The molecule has 3 heteroatoms. The van der Waals surface area contributed by atoms with E-state index in [1.165, 1.54) is 5.56 Å². The summed E-state index contributed by atoms with van der Waals surface area (Å²) in [5.74, 6) is 1.55. The van der Waals surface area contributed by atoms with Gasteiger partial charge in [0.25, 0.3) is 0 Å². The summed E-state index contributed by atoms with van der Waals surface area (Å²) in [4.78, 5) is 0. The lowest BCUT2D eigenvalue weighted by atomic mass is 9.96. The van der Waals surface area contributed by atoms with Crippen molar-refractivity contribution in [3.8, 4) is 5.75 Å². The van der Waals surface area contributed by atoms with Gasteiger partial charge in [0.05, 0.1) is 6.61 Å². The lowest BCUT2D eigenvalue weighted by Crippen LogP contribution is -2.34. The molecule has 0 aliphatic rings. The van der Waals surface area contributed by atoms with Crippen LogP contribution in [0, 0.1) is 12.8 Å². The standard InChI is InChI=1S/C16H27NO2/c1-13-6-5-7-15(12-13)19-11-9-16(17-3)14(2)8-10-18-4/h5-7,12,14,16-17H,8-11H2,1-4H3. The van der Waals surface area contributed by atoms with Gasteiger partial charge in [-0.25, -0.2) is 0 Å². The van der Waals surface area contributed by atoms with Crippen LogP contribution in [-0.2, 0) is 4.74 Å². The van der Waals surface area contributed by atoms with Gasteiger partial charge >= 0.3 is 0 Å². The van der Waals surface area contributed by atoms with Crippen molar-refractivity contribution in [3.05, 3.63) is 29.8 Å². The first-order valence-electron chi connectivity index (χ1n) is 7.03. The van der Waals surface area contributed by atoms with Crippen molar-refractivity contribution in [2.45, 2.75) is 32.7 Å². The third-order valence-electron chi connectivity index (χ3n) is 3.52. The molecule has 0 fully saturated rings. The third-order valence-corrected chi connectivity index (χ3v) is 3.52. The maximum Gasteiger partial charge on any atom is 0.119 e. The number of hydrogen-bond donors (Lipinski definition) is 1. The van der Waals surface area contributed by atoms with Crippen LogP contribution in [0.15, 0.2) is 24.3 Å². The number of aryl methyl sites for hydroxylation is 1. The molecule has 0 amide bonds. The van der Waals surface area contributed by atoms with E-state index in [-0.39, 0.29) is 0 Å². The van der Waals surface area contributed by atoms with Crippen molar-refractivity contribution in [1.82, 2.24) is 5.32 Å². The molecular weight excluding hydrogens is 238 g/mol. The molecule has 0 heterocycles. The van der Waals surface area contributed by atoms with Crippen molar-refractivity contribution in [3.63, 3.8) is 0 Å². The molecule has 0 radical (unpaired) electrons. The van der Waals surface area contributed by atoms with Crippen molar-refractivity contribution >= 4 is 0 Å². The molecule has 1 rings (SSSR count). The number of nitrogens with one attached hydrogen (secondary N) is 1. The predicted molar refractivity (Wildman–Crippen MR) is 79.8 cm³/mol. The summed E-state index contributed by atoms with van der Waals surface area (Å²) in [6, 6.07) is 8.66. The van der Waals surface area contributed by atoms with E-state index in [4.69, 9.17) is 9.47 Å². The highest BCUT2D eigenvalue weighted by molar-refractivity contribution is 5.27. The quantitative estimate of drug-likeness (QED) is 0.744. The van der Waals surface area contributed by atoms with E-state index >= 15 is 0 Å². The minimum atomic E-state index is 0.472. The van der Waals surface area contributed by atoms with E-state index in [1.54, 1.807) is 7.11 Å². The molecule has 3 nitrogen and oxygen atoms in total. The Balaban J connectivity index is 2.33. The summed E-state index contributed by atoms with van der Waals surface area (Å²) in [6.45, 7) is 5.90. The van der Waals surface area contributed by atoms with Gasteiger partial charge in [-0.15, -0.1) is 0 Å². The average molecular weight is 265 g/mol. The molecule has 0 aliphatic heterocycles. The monoisotopic (exact) mass is 265 g/mol. The summed E-state index contributed by atoms with van der Waals surface area (Å²) < 4.78 is 10.9. The van der Waals surface area contributed by atoms with Crippen LogP contribution in [0.5, 0.6) is 5.75 Å². The molecule has 108 valence electrons. The molecular formula is C16H27NO2. The topological polar surface area (TPSA) is 30.5 Å². The first kappa shape index (κ1) is 16.0. The molecule has 1 aromatic carbocycles. The Hall–Kier alpha value is -1.06. The molecule has 19 heavy (non-hydrogen) atoms. The van der Waals surface area contributed by atoms with Crippen molar-refractivity contribution in [2.24, 2.45) is 5.92 Å². The second-order valence-electron chi connectivity index (χ2n) is 5.11. The summed E-state index contributed by atoms with van der Waals surface area (Å²) in [6.07, 6.45) is 2.09. The van der Waals surface area contributed by atoms with Crippen LogP contribution < -0.4 is 10.1 Å². The van der Waals surface area contributed by atoms with Crippen molar-refractivity contribution < 1.29 is 9.47 Å². The van der Waals surface area contributed by atoms with Gasteiger partial charge in [-0.3, -0.25) is 0 Å². The number of rotatable bonds is 9. The Morgan fingerprint density at radius 2 is 2.00 bits per heavy atom. The zero-order valence-electron chi connectivity index (χ0n) is 12.6. The SMILES string of the molecule is CNC(CCOc1cccc(C)c1)C(C)CCOC. The van der Waals surface area contributed by atoms with Gasteiger partial charge in [-0.05, 0) is 50.4 Å². The number of methoxy groups -OCH3 is 1. The lowest BCUT2D eigenvalue weighted by molar-refractivity contribution is 0.165. The van der Waals surface area contributed by atoms with Gasteiger partial charge in [0, 0.05) is 19.8 Å². The molecule has 2 unspecified atom stereocenters. The zero-order chi connectivity index (χ0) is 14.1. The summed E-state index contributed by atoms with van der Waals surface area (Å²) in [7, 11) is 3.77. The van der Waals surface area contributed by atoms with Crippen LogP contribution in [0.1, 0.15) is 25.3 Å². The molecule has 1 N–H and O–H groups in total. The predicted octanol–water partition coefficient (Wildman–Crippen LogP) is 3.02. The van der Waals surface area contributed by atoms with E-state index in [9.17, 15) is 0 Å². The van der Waals surface area contributed by atoms with E-state index in [0.29, 0.717) is 12.0 Å². The van der Waals surface area contributed by atoms with Crippen LogP contribution in [0.3, 0.4) is 0 Å². The molecule has 0 bridgehead atoms. The highest BCUT2D eigenvalue weighted by Crippen LogP contribution is 2.15. The highest BCUT2D eigenvalue weighted by atomic mass is 16.5. The molecule has 0 spiro atoms. The number of ether oxygens (including phenoxy) is 2. The summed E-state index contributed by atoms with van der Waals surface area (Å²) in [5, 5.41) is 3.37. The average Bonchev–Trinajstić information content (AvgIpc) is 2.41. The number of hydrogen-bond acceptors (Lipinski definition) is 3. The summed E-state index contributed by atoms with van der Waals surface area (Å²) in [5.41, 5.74) is 1.23. The molecule has 2 atom stereocenters. The Morgan fingerprint density at radius 3 is 2.63 bits per heavy atom.